The van der Waals surface area contributed by atoms with Gasteiger partial charge in [-0.3, -0.25) is 14.6 Å². The van der Waals surface area contributed by atoms with E-state index in [0.717, 1.165) is 33.7 Å². The molecule has 0 atom stereocenters. The standard InChI is InChI=1S/C20H20N6O/c1-11-17-15(20(27)22-18-12(2)23-24-13(18)3)10-16(14-8-6-5-7-9-14)21-19(17)26(4)25-11/h5-10H,1-4H3,(H,22,27)(H,23,24). The zero-order valence-electron chi connectivity index (χ0n) is 15.7. The molecule has 0 spiro atoms. The molecule has 1 amide bonds. The Kier molecular flexibility index (Phi) is 3.99. The van der Waals surface area contributed by atoms with Crippen LogP contribution in [-0.4, -0.2) is 30.9 Å². The van der Waals surface area contributed by atoms with Crippen LogP contribution in [0.5, 0.6) is 0 Å². The van der Waals surface area contributed by atoms with Gasteiger partial charge in [-0.2, -0.15) is 10.2 Å². The molecule has 4 rings (SSSR count). The van der Waals surface area contributed by atoms with Crippen molar-refractivity contribution in [3.8, 4) is 11.3 Å². The Hall–Kier alpha value is -3.48. The lowest BCUT2D eigenvalue weighted by molar-refractivity contribution is 0.102. The number of H-pyrrole nitrogens is 1. The number of fused-ring (bicyclic) bond motifs is 1. The molecule has 27 heavy (non-hydrogen) atoms. The van der Waals surface area contributed by atoms with E-state index >= 15 is 0 Å². The third kappa shape index (κ3) is 2.87. The molecule has 0 saturated heterocycles. The molecule has 4 aromatic rings. The molecule has 0 saturated carbocycles. The Bertz CT molecular complexity index is 1140. The van der Waals surface area contributed by atoms with Crippen molar-refractivity contribution in [1.29, 1.82) is 0 Å². The van der Waals surface area contributed by atoms with Gasteiger partial charge in [-0.25, -0.2) is 4.98 Å². The average molecular weight is 360 g/mol. The Labute approximate surface area is 156 Å². The highest BCUT2D eigenvalue weighted by Gasteiger charge is 2.20. The van der Waals surface area contributed by atoms with E-state index < -0.39 is 0 Å². The molecule has 2 N–H and O–H groups in total. The van der Waals surface area contributed by atoms with Crippen molar-refractivity contribution in [1.82, 2.24) is 25.0 Å². The van der Waals surface area contributed by atoms with Crippen LogP contribution in [0.4, 0.5) is 5.69 Å². The Morgan fingerprint density at radius 2 is 1.85 bits per heavy atom. The number of nitrogens with one attached hydrogen (secondary N) is 2. The lowest BCUT2D eigenvalue weighted by atomic mass is 10.0. The lowest BCUT2D eigenvalue weighted by Gasteiger charge is -2.09. The summed E-state index contributed by atoms with van der Waals surface area (Å²) in [6, 6.07) is 11.6. The van der Waals surface area contributed by atoms with Crippen LogP contribution in [0.1, 0.15) is 27.4 Å². The minimum atomic E-state index is -0.205. The number of rotatable bonds is 3. The van der Waals surface area contributed by atoms with Gasteiger partial charge in [0.15, 0.2) is 5.65 Å². The number of nitrogens with zero attached hydrogens (tertiary/aromatic N) is 4. The minimum Gasteiger partial charge on any atom is -0.319 e. The fraction of sp³-hybridized carbons (Fsp3) is 0.200. The number of aryl methyl sites for hydroxylation is 4. The first-order valence-electron chi connectivity index (χ1n) is 8.68. The molecular weight excluding hydrogens is 340 g/mol. The number of benzene rings is 1. The molecule has 136 valence electrons. The summed E-state index contributed by atoms with van der Waals surface area (Å²) in [5.41, 5.74) is 5.94. The zero-order valence-corrected chi connectivity index (χ0v) is 15.7. The summed E-state index contributed by atoms with van der Waals surface area (Å²) >= 11 is 0. The lowest BCUT2D eigenvalue weighted by Crippen LogP contribution is -2.14. The average Bonchev–Trinajstić information content (AvgIpc) is 3.14. The van der Waals surface area contributed by atoms with Crippen LogP contribution in [0.25, 0.3) is 22.3 Å². The quantitative estimate of drug-likeness (QED) is 0.585. The maximum Gasteiger partial charge on any atom is 0.256 e. The maximum atomic E-state index is 13.2. The third-order valence-electron chi connectivity index (χ3n) is 4.65. The van der Waals surface area contributed by atoms with Gasteiger partial charge in [-0.05, 0) is 26.8 Å². The van der Waals surface area contributed by atoms with E-state index in [0.29, 0.717) is 16.9 Å². The molecule has 3 aromatic heterocycles. The first kappa shape index (κ1) is 17.0. The number of anilines is 1. The molecule has 0 aliphatic rings. The van der Waals surface area contributed by atoms with Gasteiger partial charge in [-0.15, -0.1) is 0 Å². The molecule has 0 bridgehead atoms. The van der Waals surface area contributed by atoms with E-state index in [1.807, 2.05) is 64.2 Å². The summed E-state index contributed by atoms with van der Waals surface area (Å²) in [7, 11) is 1.84. The number of pyridine rings is 1. The number of amides is 1. The Morgan fingerprint density at radius 3 is 2.52 bits per heavy atom. The molecule has 7 heteroatoms. The van der Waals surface area contributed by atoms with Crippen molar-refractivity contribution in [2.24, 2.45) is 7.05 Å². The number of carbonyl (C=O) groups excluding carboxylic acids is 1. The summed E-state index contributed by atoms with van der Waals surface area (Å²) in [5, 5.41) is 15.2. The minimum absolute atomic E-state index is 0.205. The van der Waals surface area contributed by atoms with Gasteiger partial charge in [0, 0.05) is 12.6 Å². The fourth-order valence-electron chi connectivity index (χ4n) is 3.30. The first-order valence-corrected chi connectivity index (χ1v) is 8.68. The number of hydrogen-bond acceptors (Lipinski definition) is 4. The van der Waals surface area contributed by atoms with Gasteiger partial charge in [0.25, 0.3) is 5.91 Å². The molecule has 0 fully saturated rings. The summed E-state index contributed by atoms with van der Waals surface area (Å²) in [6.07, 6.45) is 0. The van der Waals surface area contributed by atoms with Gasteiger partial charge >= 0.3 is 0 Å². The van der Waals surface area contributed by atoms with Crippen LogP contribution >= 0.6 is 0 Å². The highest BCUT2D eigenvalue weighted by Crippen LogP contribution is 2.28. The van der Waals surface area contributed by atoms with Gasteiger partial charge in [-0.1, -0.05) is 30.3 Å². The van der Waals surface area contributed by atoms with Crippen molar-refractivity contribution in [3.63, 3.8) is 0 Å². The summed E-state index contributed by atoms with van der Waals surface area (Å²) < 4.78 is 1.71. The van der Waals surface area contributed by atoms with Gasteiger partial charge in [0.05, 0.1) is 39.4 Å². The van der Waals surface area contributed by atoms with Crippen molar-refractivity contribution in [2.45, 2.75) is 20.8 Å². The Balaban J connectivity index is 1.89. The normalized spacial score (nSPS) is 11.1. The highest BCUT2D eigenvalue weighted by molar-refractivity contribution is 6.13. The predicted molar refractivity (Wildman–Crippen MR) is 105 cm³/mol. The molecule has 0 aliphatic carbocycles. The third-order valence-corrected chi connectivity index (χ3v) is 4.65. The van der Waals surface area contributed by atoms with Crippen LogP contribution < -0.4 is 5.32 Å². The largest absolute Gasteiger partial charge is 0.319 e. The van der Waals surface area contributed by atoms with Crippen LogP contribution in [0.2, 0.25) is 0 Å². The summed E-state index contributed by atoms with van der Waals surface area (Å²) in [5.74, 6) is -0.205. The van der Waals surface area contributed by atoms with E-state index in [-0.39, 0.29) is 5.91 Å². The Morgan fingerprint density at radius 1 is 1.11 bits per heavy atom. The van der Waals surface area contributed by atoms with Gasteiger partial charge < -0.3 is 5.32 Å². The van der Waals surface area contributed by atoms with Crippen molar-refractivity contribution >= 4 is 22.6 Å². The number of aromatic nitrogens is 5. The molecule has 7 nitrogen and oxygen atoms in total. The van der Waals surface area contributed by atoms with Gasteiger partial charge in [0.1, 0.15) is 0 Å². The van der Waals surface area contributed by atoms with E-state index in [1.54, 1.807) is 4.68 Å². The predicted octanol–water partition coefficient (Wildman–Crippen LogP) is 3.54. The van der Waals surface area contributed by atoms with Crippen LogP contribution in [0.15, 0.2) is 36.4 Å². The van der Waals surface area contributed by atoms with E-state index in [4.69, 9.17) is 4.98 Å². The number of hydrogen-bond donors (Lipinski definition) is 2. The van der Waals surface area contributed by atoms with E-state index in [9.17, 15) is 4.79 Å². The fourth-order valence-corrected chi connectivity index (χ4v) is 3.30. The van der Waals surface area contributed by atoms with Crippen molar-refractivity contribution in [3.05, 3.63) is 59.0 Å². The van der Waals surface area contributed by atoms with Crippen LogP contribution in [0, 0.1) is 20.8 Å². The monoisotopic (exact) mass is 360 g/mol. The summed E-state index contributed by atoms with van der Waals surface area (Å²) in [6.45, 7) is 5.62. The second kappa shape index (κ2) is 6.35. The SMILES string of the molecule is Cc1n[nH]c(C)c1NC(=O)c1cc(-c2ccccc2)nc2c1c(C)nn2C. The van der Waals surface area contributed by atoms with Crippen molar-refractivity contribution in [2.75, 3.05) is 5.32 Å². The molecular formula is C20H20N6O. The second-order valence-corrected chi connectivity index (χ2v) is 6.59. The van der Waals surface area contributed by atoms with Crippen LogP contribution in [-0.2, 0) is 7.05 Å². The highest BCUT2D eigenvalue weighted by atomic mass is 16.1. The maximum absolute atomic E-state index is 13.2. The summed E-state index contributed by atoms with van der Waals surface area (Å²) in [4.78, 5) is 17.9. The molecule has 0 aliphatic heterocycles. The molecule has 0 radical (unpaired) electrons. The number of carbonyl (C=O) groups is 1. The van der Waals surface area contributed by atoms with Crippen LogP contribution in [0.3, 0.4) is 0 Å². The van der Waals surface area contributed by atoms with E-state index in [1.165, 1.54) is 0 Å². The topological polar surface area (TPSA) is 88.5 Å². The smallest absolute Gasteiger partial charge is 0.256 e. The number of aromatic amines is 1. The molecule has 0 unspecified atom stereocenters. The van der Waals surface area contributed by atoms with Crippen molar-refractivity contribution < 1.29 is 4.79 Å². The molecule has 3 heterocycles. The molecule has 1 aromatic carbocycles. The van der Waals surface area contributed by atoms with E-state index in [2.05, 4.69) is 20.6 Å². The van der Waals surface area contributed by atoms with Gasteiger partial charge in [0.2, 0.25) is 0 Å². The second-order valence-electron chi connectivity index (χ2n) is 6.59. The zero-order chi connectivity index (χ0) is 19.1. The first-order chi connectivity index (χ1) is 13.0.